The van der Waals surface area contributed by atoms with Crippen LogP contribution in [0.25, 0.3) is 0 Å². The maximum absolute atomic E-state index is 14.1. The Labute approximate surface area is 221 Å². The molecule has 0 spiro atoms. The molecule has 3 aliphatic rings. The number of fused-ring (bicyclic) bond motifs is 1. The van der Waals surface area contributed by atoms with Crippen LogP contribution < -0.4 is 0 Å². The van der Waals surface area contributed by atoms with Crippen molar-refractivity contribution < 1.29 is 9.13 Å². The van der Waals surface area contributed by atoms with E-state index >= 15 is 0 Å². The second-order valence-corrected chi connectivity index (χ2v) is 12.6. The van der Waals surface area contributed by atoms with Crippen molar-refractivity contribution in [3.05, 3.63) is 34.6 Å². The molecule has 0 aliphatic heterocycles. The average Bonchev–Trinajstić information content (AvgIpc) is 3.24. The zero-order valence-electron chi connectivity index (χ0n) is 20.6. The first-order valence-electron chi connectivity index (χ1n) is 12.9. The second kappa shape index (κ2) is 10.8. The molecule has 2 fully saturated rings. The van der Waals surface area contributed by atoms with E-state index in [1.165, 1.54) is 17.7 Å². The van der Waals surface area contributed by atoms with Crippen LogP contribution in [0.1, 0.15) is 87.8 Å². The van der Waals surface area contributed by atoms with Gasteiger partial charge in [-0.15, -0.1) is 11.6 Å². The average molecular weight is 542 g/mol. The Bertz CT molecular complexity index is 1030. The molecule has 0 radical (unpaired) electrons. The summed E-state index contributed by atoms with van der Waals surface area (Å²) in [6.45, 7) is 2.44. The van der Waals surface area contributed by atoms with Crippen LogP contribution in [0.2, 0.25) is 5.02 Å². The Morgan fingerprint density at radius 3 is 2.77 bits per heavy atom. The molecule has 2 heterocycles. The minimum Gasteiger partial charge on any atom is -0.380 e. The lowest BCUT2D eigenvalue weighted by molar-refractivity contribution is 0.0298. The van der Waals surface area contributed by atoms with Crippen LogP contribution in [0.3, 0.4) is 0 Å². The van der Waals surface area contributed by atoms with E-state index in [0.29, 0.717) is 29.5 Å². The molecule has 5 nitrogen and oxygen atoms in total. The van der Waals surface area contributed by atoms with Gasteiger partial charge in [0.15, 0.2) is 5.16 Å². The predicted molar refractivity (Wildman–Crippen MR) is 139 cm³/mol. The molecule has 192 valence electrons. The number of imidazole rings is 1. The number of hydrogen-bond acceptors (Lipinski definition) is 5. The molecule has 5 rings (SSSR count). The topological polar surface area (TPSA) is 52.8 Å². The number of rotatable bonds is 6. The van der Waals surface area contributed by atoms with E-state index in [2.05, 4.69) is 21.5 Å². The van der Waals surface area contributed by atoms with Crippen molar-refractivity contribution in [1.82, 2.24) is 19.5 Å². The van der Waals surface area contributed by atoms with Crippen molar-refractivity contribution in [2.75, 3.05) is 7.11 Å². The molecule has 9 heteroatoms. The van der Waals surface area contributed by atoms with Crippen molar-refractivity contribution in [3.63, 3.8) is 0 Å². The molecule has 0 amide bonds. The molecule has 3 aliphatic carbocycles. The summed E-state index contributed by atoms with van der Waals surface area (Å²) in [7, 11) is 1.78. The van der Waals surface area contributed by atoms with E-state index in [9.17, 15) is 4.39 Å². The Balaban J connectivity index is 1.52. The molecule has 0 aromatic carbocycles. The van der Waals surface area contributed by atoms with Gasteiger partial charge in [-0.1, -0.05) is 30.3 Å². The summed E-state index contributed by atoms with van der Waals surface area (Å²) in [4.78, 5) is 13.6. The van der Waals surface area contributed by atoms with Gasteiger partial charge >= 0.3 is 0 Å². The fourth-order valence-electron chi connectivity index (χ4n) is 6.60. The van der Waals surface area contributed by atoms with Gasteiger partial charge in [-0.3, -0.25) is 0 Å². The van der Waals surface area contributed by atoms with Gasteiger partial charge < -0.3 is 9.30 Å². The van der Waals surface area contributed by atoms with Crippen LogP contribution in [-0.2, 0) is 22.3 Å². The van der Waals surface area contributed by atoms with Crippen molar-refractivity contribution >= 4 is 35.0 Å². The first-order chi connectivity index (χ1) is 16.9. The Morgan fingerprint density at radius 1 is 1.23 bits per heavy atom. The quantitative estimate of drug-likeness (QED) is 0.289. The number of alkyl halides is 2. The summed E-state index contributed by atoms with van der Waals surface area (Å²) < 4.78 is 22.4. The third-order valence-electron chi connectivity index (χ3n) is 8.59. The highest BCUT2D eigenvalue weighted by Crippen LogP contribution is 2.51. The molecular weight excluding hydrogens is 506 g/mol. The third kappa shape index (κ3) is 5.12. The molecule has 4 atom stereocenters. The Hall–Kier alpha value is -0.890. The first-order valence-corrected chi connectivity index (χ1v) is 14.7. The molecule has 2 saturated carbocycles. The number of nitrogens with zero attached hydrogens (tertiary/aromatic N) is 4. The largest absolute Gasteiger partial charge is 0.380 e. The zero-order chi connectivity index (χ0) is 24.6. The number of aryl methyl sites for hydroxylation is 1. The van der Waals surface area contributed by atoms with Crippen molar-refractivity contribution in [2.24, 2.45) is 5.92 Å². The molecule has 4 unspecified atom stereocenters. The highest BCUT2D eigenvalue weighted by atomic mass is 35.5. The summed E-state index contributed by atoms with van der Waals surface area (Å²) >= 11 is 14.7. The van der Waals surface area contributed by atoms with Crippen molar-refractivity contribution in [2.45, 2.75) is 111 Å². The maximum atomic E-state index is 14.1. The summed E-state index contributed by atoms with van der Waals surface area (Å²) in [6, 6.07) is 0.279. The lowest BCUT2D eigenvalue weighted by Gasteiger charge is -2.46. The monoisotopic (exact) mass is 540 g/mol. The number of thioether (sulfide) groups is 1. The molecule has 2 aromatic rings. The molecule has 0 saturated heterocycles. The van der Waals surface area contributed by atoms with Crippen LogP contribution in [-0.4, -0.2) is 44.3 Å². The van der Waals surface area contributed by atoms with Crippen LogP contribution in [0.4, 0.5) is 4.39 Å². The van der Waals surface area contributed by atoms with Crippen LogP contribution >= 0.6 is 35.0 Å². The van der Waals surface area contributed by atoms with E-state index in [0.717, 1.165) is 62.2 Å². The first kappa shape index (κ1) is 25.7. The lowest BCUT2D eigenvalue weighted by Crippen LogP contribution is -2.44. The van der Waals surface area contributed by atoms with Crippen molar-refractivity contribution in [1.29, 1.82) is 0 Å². The molecule has 0 N–H and O–H groups in total. The van der Waals surface area contributed by atoms with Crippen LogP contribution in [0.5, 0.6) is 0 Å². The van der Waals surface area contributed by atoms with Gasteiger partial charge in [0.25, 0.3) is 0 Å². The third-order valence-corrected chi connectivity index (χ3v) is 10.4. The van der Waals surface area contributed by atoms with E-state index < -0.39 is 6.17 Å². The Morgan fingerprint density at radius 2 is 2.03 bits per heavy atom. The van der Waals surface area contributed by atoms with Crippen molar-refractivity contribution in [3.8, 4) is 0 Å². The zero-order valence-corrected chi connectivity index (χ0v) is 22.9. The number of hydrogen-bond donors (Lipinski definition) is 0. The number of ether oxygens (including phenoxy) is 1. The Kier molecular flexibility index (Phi) is 7.98. The van der Waals surface area contributed by atoms with Gasteiger partial charge in [0.05, 0.1) is 27.9 Å². The summed E-state index contributed by atoms with van der Waals surface area (Å²) in [5.74, 6) is 1.12. The minimum atomic E-state index is -0.686. The fourth-order valence-corrected chi connectivity index (χ4v) is 8.23. The molecular formula is C26H35Cl2FN4OS. The normalized spacial score (nSPS) is 33.5. The lowest BCUT2D eigenvalue weighted by atomic mass is 9.62. The van der Waals surface area contributed by atoms with Gasteiger partial charge in [-0.2, -0.15) is 0 Å². The van der Waals surface area contributed by atoms with Gasteiger partial charge in [0.2, 0.25) is 0 Å². The molecule has 35 heavy (non-hydrogen) atoms. The fraction of sp³-hybridized carbons (Fsp3) is 0.731. The molecule has 2 aromatic heterocycles. The second-order valence-electron chi connectivity index (χ2n) is 10.6. The number of methoxy groups -OCH3 is 1. The van der Waals surface area contributed by atoms with E-state index in [4.69, 9.17) is 32.9 Å². The maximum Gasteiger partial charge on any atom is 0.169 e. The van der Waals surface area contributed by atoms with Gasteiger partial charge in [0.1, 0.15) is 12.5 Å². The molecule has 0 bridgehead atoms. The van der Waals surface area contributed by atoms with E-state index in [1.54, 1.807) is 25.1 Å². The van der Waals surface area contributed by atoms with Crippen LogP contribution in [0.15, 0.2) is 17.7 Å². The smallest absolute Gasteiger partial charge is 0.169 e. The standard InChI is InChI=1S/C26H35Cl2FN4OS/c1-26(16-5-10-19(27)23(12-16)34-2)11-3-4-21-24(26)33(18-8-6-17(29)7-9-18)25(32-21)35-14-22-20(28)13-30-15-31-22/h13,15-19,23H,3-12,14H2,1-2H3. The van der Waals surface area contributed by atoms with Gasteiger partial charge in [-0.25, -0.2) is 19.3 Å². The number of halogens is 3. The van der Waals surface area contributed by atoms with E-state index in [-0.39, 0.29) is 22.9 Å². The minimum absolute atomic E-state index is 0.00628. The van der Waals surface area contributed by atoms with E-state index in [1.807, 2.05) is 0 Å². The SMILES string of the molecule is COC1CC(C2(C)CCCc3nc(SCc4ncncc4Cl)n(C4CCC(F)CC4)c32)CCC1Cl. The summed E-state index contributed by atoms with van der Waals surface area (Å²) in [6.07, 6.45) is 11.9. The highest BCUT2D eigenvalue weighted by Gasteiger charge is 2.47. The summed E-state index contributed by atoms with van der Waals surface area (Å²) in [5, 5.41) is 1.68. The predicted octanol–water partition coefficient (Wildman–Crippen LogP) is 7.09. The van der Waals surface area contributed by atoms with Gasteiger partial charge in [-0.05, 0) is 70.1 Å². The number of aromatic nitrogens is 4. The van der Waals surface area contributed by atoms with Gasteiger partial charge in [0, 0.05) is 36.2 Å². The summed E-state index contributed by atoms with van der Waals surface area (Å²) in [5.41, 5.74) is 3.43. The highest BCUT2D eigenvalue weighted by molar-refractivity contribution is 7.98. The van der Waals surface area contributed by atoms with Crippen LogP contribution in [0, 0.1) is 5.92 Å².